The first-order valence-electron chi connectivity index (χ1n) is 4.99. The van der Waals surface area contributed by atoms with E-state index in [1.54, 1.807) is 0 Å². The molecule has 0 amide bonds. The maximum Gasteiger partial charge on any atom is 0.115 e. The van der Waals surface area contributed by atoms with Gasteiger partial charge in [0.15, 0.2) is 0 Å². The summed E-state index contributed by atoms with van der Waals surface area (Å²) in [5.74, 6) is 1.68. The Balaban J connectivity index is 2.39. The van der Waals surface area contributed by atoms with Crippen molar-refractivity contribution in [1.82, 2.24) is 0 Å². The summed E-state index contributed by atoms with van der Waals surface area (Å²) in [4.78, 5) is 0. The fourth-order valence-corrected chi connectivity index (χ4v) is 2.11. The van der Waals surface area contributed by atoms with Crippen molar-refractivity contribution in [2.24, 2.45) is 23.5 Å². The molecule has 4 unspecified atom stereocenters. The number of rotatable bonds is 2. The van der Waals surface area contributed by atoms with Gasteiger partial charge >= 0.3 is 0 Å². The van der Waals surface area contributed by atoms with Crippen LogP contribution >= 0.6 is 0 Å². The minimum absolute atomic E-state index is 0.200. The van der Waals surface area contributed by atoms with Crippen molar-refractivity contribution in [3.8, 4) is 0 Å². The molecule has 0 aromatic heterocycles. The number of hydrogen-bond acceptors (Lipinski definition) is 1. The van der Waals surface area contributed by atoms with Crippen molar-refractivity contribution >= 4 is 0 Å². The van der Waals surface area contributed by atoms with Gasteiger partial charge in [-0.25, -0.2) is 4.39 Å². The highest BCUT2D eigenvalue weighted by molar-refractivity contribution is 4.80. The van der Waals surface area contributed by atoms with Crippen LogP contribution < -0.4 is 5.73 Å². The van der Waals surface area contributed by atoms with Crippen LogP contribution in [0, 0.1) is 17.8 Å². The van der Waals surface area contributed by atoms with Gasteiger partial charge in [0.25, 0.3) is 0 Å². The molecule has 0 aromatic rings. The van der Waals surface area contributed by atoms with Crippen LogP contribution in [0.3, 0.4) is 0 Å². The average molecular weight is 173 g/mol. The molecule has 0 saturated heterocycles. The smallest absolute Gasteiger partial charge is 0.115 e. The Bertz CT molecular complexity index is 138. The summed E-state index contributed by atoms with van der Waals surface area (Å²) < 4.78 is 13.2. The lowest BCUT2D eigenvalue weighted by atomic mass is 9.74. The molecule has 72 valence electrons. The van der Waals surface area contributed by atoms with Crippen molar-refractivity contribution < 1.29 is 4.39 Å². The lowest BCUT2D eigenvalue weighted by Crippen LogP contribution is -2.31. The zero-order valence-electron chi connectivity index (χ0n) is 8.09. The first kappa shape index (κ1) is 9.97. The van der Waals surface area contributed by atoms with Gasteiger partial charge in [-0.2, -0.15) is 0 Å². The third-order valence-corrected chi connectivity index (χ3v) is 3.38. The van der Waals surface area contributed by atoms with Crippen LogP contribution in [0.25, 0.3) is 0 Å². The quantitative estimate of drug-likeness (QED) is 0.681. The molecule has 0 spiro atoms. The van der Waals surface area contributed by atoms with Gasteiger partial charge < -0.3 is 5.73 Å². The fraction of sp³-hybridized carbons (Fsp3) is 1.00. The summed E-state index contributed by atoms with van der Waals surface area (Å²) >= 11 is 0. The molecule has 0 heterocycles. The van der Waals surface area contributed by atoms with Crippen LogP contribution in [0.4, 0.5) is 4.39 Å². The highest BCUT2D eigenvalue weighted by Gasteiger charge is 2.29. The Morgan fingerprint density at radius 2 is 2.00 bits per heavy atom. The molecule has 1 aliphatic rings. The SMILES string of the molecule is CC1CCC(C(F)CN)CC1C. The maximum absolute atomic E-state index is 13.2. The summed E-state index contributed by atoms with van der Waals surface area (Å²) in [6.07, 6.45) is 2.47. The Kier molecular flexibility index (Phi) is 3.51. The third kappa shape index (κ3) is 2.19. The van der Waals surface area contributed by atoms with Crippen LogP contribution in [-0.2, 0) is 0 Å². The molecule has 1 rings (SSSR count). The second kappa shape index (κ2) is 4.22. The molecule has 1 saturated carbocycles. The first-order chi connectivity index (χ1) is 5.65. The van der Waals surface area contributed by atoms with E-state index in [1.165, 1.54) is 6.42 Å². The summed E-state index contributed by atoms with van der Waals surface area (Å²) in [5.41, 5.74) is 5.31. The van der Waals surface area contributed by atoms with Gasteiger partial charge in [-0.3, -0.25) is 0 Å². The van der Waals surface area contributed by atoms with Gasteiger partial charge in [0.05, 0.1) is 0 Å². The predicted molar refractivity (Wildman–Crippen MR) is 49.6 cm³/mol. The molecule has 0 bridgehead atoms. The molecule has 0 radical (unpaired) electrons. The molecule has 2 heteroatoms. The molecule has 1 nitrogen and oxygen atoms in total. The third-order valence-electron chi connectivity index (χ3n) is 3.38. The predicted octanol–water partition coefficient (Wildman–Crippen LogP) is 2.36. The number of hydrogen-bond donors (Lipinski definition) is 1. The van der Waals surface area contributed by atoms with E-state index >= 15 is 0 Å². The van der Waals surface area contributed by atoms with Gasteiger partial charge in [-0.15, -0.1) is 0 Å². The molecule has 12 heavy (non-hydrogen) atoms. The molecule has 1 fully saturated rings. The second-order valence-electron chi connectivity index (χ2n) is 4.28. The van der Waals surface area contributed by atoms with E-state index in [-0.39, 0.29) is 12.5 Å². The minimum atomic E-state index is -0.764. The summed E-state index contributed by atoms with van der Waals surface area (Å²) in [5, 5.41) is 0. The Morgan fingerprint density at radius 1 is 1.33 bits per heavy atom. The molecule has 1 aliphatic carbocycles. The normalized spacial score (nSPS) is 39.5. The molecule has 0 aromatic carbocycles. The number of nitrogens with two attached hydrogens (primary N) is 1. The highest BCUT2D eigenvalue weighted by atomic mass is 19.1. The van der Waals surface area contributed by atoms with Gasteiger partial charge in [0.2, 0.25) is 0 Å². The maximum atomic E-state index is 13.2. The van der Waals surface area contributed by atoms with Crippen LogP contribution in [0.5, 0.6) is 0 Å². The standard InChI is InChI=1S/C10H20FN/c1-7-3-4-9(5-8(7)2)10(11)6-12/h7-10H,3-6,12H2,1-2H3. The molecular formula is C10H20FN. The monoisotopic (exact) mass is 173 g/mol. The average Bonchev–Trinajstić information content (AvgIpc) is 2.08. The highest BCUT2D eigenvalue weighted by Crippen LogP contribution is 2.35. The largest absolute Gasteiger partial charge is 0.328 e. The number of alkyl halides is 1. The van der Waals surface area contributed by atoms with Gasteiger partial charge in [-0.1, -0.05) is 20.3 Å². The zero-order chi connectivity index (χ0) is 9.14. The van der Waals surface area contributed by atoms with Crippen LogP contribution in [-0.4, -0.2) is 12.7 Å². The Morgan fingerprint density at radius 3 is 2.50 bits per heavy atom. The first-order valence-corrected chi connectivity index (χ1v) is 4.99. The van der Waals surface area contributed by atoms with Crippen molar-refractivity contribution in [3.05, 3.63) is 0 Å². The van der Waals surface area contributed by atoms with Crippen molar-refractivity contribution in [2.45, 2.75) is 39.3 Å². The summed E-state index contributed by atoms with van der Waals surface area (Å²) in [6, 6.07) is 0. The topological polar surface area (TPSA) is 26.0 Å². The van der Waals surface area contributed by atoms with E-state index in [1.807, 2.05) is 0 Å². The molecule has 0 aliphatic heterocycles. The molecule has 4 atom stereocenters. The number of halogens is 1. The van der Waals surface area contributed by atoms with E-state index < -0.39 is 6.17 Å². The lowest BCUT2D eigenvalue weighted by Gasteiger charge is -2.33. The van der Waals surface area contributed by atoms with E-state index in [0.29, 0.717) is 5.92 Å². The molecule has 2 N–H and O–H groups in total. The van der Waals surface area contributed by atoms with Crippen LogP contribution in [0.2, 0.25) is 0 Å². The van der Waals surface area contributed by atoms with Crippen molar-refractivity contribution in [1.29, 1.82) is 0 Å². The minimum Gasteiger partial charge on any atom is -0.328 e. The van der Waals surface area contributed by atoms with E-state index in [2.05, 4.69) is 13.8 Å². The fourth-order valence-electron chi connectivity index (χ4n) is 2.11. The zero-order valence-corrected chi connectivity index (χ0v) is 8.09. The summed E-state index contributed by atoms with van der Waals surface area (Å²) in [7, 11) is 0. The van der Waals surface area contributed by atoms with E-state index in [4.69, 9.17) is 5.73 Å². The second-order valence-corrected chi connectivity index (χ2v) is 4.28. The van der Waals surface area contributed by atoms with E-state index in [0.717, 1.165) is 18.8 Å². The molecular weight excluding hydrogens is 153 g/mol. The Hall–Kier alpha value is -0.110. The Labute approximate surface area is 74.5 Å². The van der Waals surface area contributed by atoms with Gasteiger partial charge in [0, 0.05) is 6.54 Å². The van der Waals surface area contributed by atoms with Gasteiger partial charge in [-0.05, 0) is 30.6 Å². The van der Waals surface area contributed by atoms with Crippen molar-refractivity contribution in [3.63, 3.8) is 0 Å². The van der Waals surface area contributed by atoms with Crippen molar-refractivity contribution in [2.75, 3.05) is 6.54 Å². The van der Waals surface area contributed by atoms with Crippen LogP contribution in [0.1, 0.15) is 33.1 Å². The lowest BCUT2D eigenvalue weighted by molar-refractivity contribution is 0.127. The van der Waals surface area contributed by atoms with Crippen LogP contribution in [0.15, 0.2) is 0 Å². The van der Waals surface area contributed by atoms with E-state index in [9.17, 15) is 4.39 Å². The summed E-state index contributed by atoms with van der Waals surface area (Å²) in [6.45, 7) is 4.68. The van der Waals surface area contributed by atoms with Gasteiger partial charge in [0.1, 0.15) is 6.17 Å².